The summed E-state index contributed by atoms with van der Waals surface area (Å²) in [7, 11) is 0. The molecule has 0 N–H and O–H groups in total. The molecule has 2 heteroatoms. The maximum Gasteiger partial charge on any atom is 0.159 e. The Morgan fingerprint density at radius 1 is 0.326 bits per heavy atom. The summed E-state index contributed by atoms with van der Waals surface area (Å²) in [6.45, 7) is 0. The van der Waals surface area contributed by atoms with Gasteiger partial charge in [-0.05, 0) is 80.2 Å². The molecule has 1 heterocycles. The number of anilines is 3. The van der Waals surface area contributed by atoms with E-state index in [4.69, 9.17) is 4.42 Å². The molecular formula is C44H29NO. The molecule has 9 rings (SSSR count). The summed E-state index contributed by atoms with van der Waals surface area (Å²) >= 11 is 0. The molecule has 0 saturated heterocycles. The van der Waals surface area contributed by atoms with Crippen LogP contribution in [0.3, 0.4) is 0 Å². The summed E-state index contributed by atoms with van der Waals surface area (Å²) in [6.07, 6.45) is 0. The van der Waals surface area contributed by atoms with Crippen molar-refractivity contribution in [3.63, 3.8) is 0 Å². The highest BCUT2D eigenvalue weighted by molar-refractivity contribution is 6.21. The standard InChI is InChI=1S/C44H29NO/c1-3-14-30(15-4-1)42-37-21-9-7-18-34(37)35-19-8-10-22-38(35)43(42)31-26-28-33(29-27-31)45(32-16-5-2-6-17-32)40-24-13-23-39-36-20-11-12-25-41(36)46-44(39)40/h1-29H. The Morgan fingerprint density at radius 3 is 1.46 bits per heavy atom. The lowest BCUT2D eigenvalue weighted by molar-refractivity contribution is 0.669. The highest BCUT2D eigenvalue weighted by Crippen LogP contribution is 2.46. The molecule has 0 radical (unpaired) electrons. The van der Waals surface area contributed by atoms with E-state index in [0.29, 0.717) is 0 Å². The second-order valence-electron chi connectivity index (χ2n) is 11.7. The molecule has 2 nitrogen and oxygen atoms in total. The van der Waals surface area contributed by atoms with Crippen LogP contribution in [0.15, 0.2) is 180 Å². The average molecular weight is 588 g/mol. The summed E-state index contributed by atoms with van der Waals surface area (Å²) in [5, 5.41) is 7.28. The van der Waals surface area contributed by atoms with Gasteiger partial charge in [-0.1, -0.05) is 140 Å². The second-order valence-corrected chi connectivity index (χ2v) is 11.7. The topological polar surface area (TPSA) is 16.4 Å². The molecule has 0 aliphatic rings. The van der Waals surface area contributed by atoms with Crippen molar-refractivity contribution in [3.8, 4) is 22.3 Å². The zero-order chi connectivity index (χ0) is 30.5. The Hall–Kier alpha value is -6.12. The first-order valence-electron chi connectivity index (χ1n) is 15.7. The van der Waals surface area contributed by atoms with Crippen LogP contribution in [0.5, 0.6) is 0 Å². The lowest BCUT2D eigenvalue weighted by atomic mass is 9.85. The van der Waals surface area contributed by atoms with E-state index < -0.39 is 0 Å². The minimum atomic E-state index is 0.878. The summed E-state index contributed by atoms with van der Waals surface area (Å²) < 4.78 is 6.51. The number of hydrogen-bond donors (Lipinski definition) is 0. The minimum absolute atomic E-state index is 0.878. The number of para-hydroxylation sites is 3. The van der Waals surface area contributed by atoms with Crippen molar-refractivity contribution in [2.24, 2.45) is 0 Å². The van der Waals surface area contributed by atoms with Crippen LogP contribution in [-0.2, 0) is 0 Å². The van der Waals surface area contributed by atoms with Gasteiger partial charge in [0.25, 0.3) is 0 Å². The minimum Gasteiger partial charge on any atom is -0.454 e. The van der Waals surface area contributed by atoms with Crippen molar-refractivity contribution in [2.45, 2.75) is 0 Å². The molecule has 0 bridgehead atoms. The number of nitrogens with zero attached hydrogens (tertiary/aromatic N) is 1. The Morgan fingerprint density at radius 2 is 0.804 bits per heavy atom. The Balaban J connectivity index is 1.27. The van der Waals surface area contributed by atoms with Gasteiger partial charge >= 0.3 is 0 Å². The number of fused-ring (bicyclic) bond motifs is 6. The molecule has 0 unspecified atom stereocenters. The molecule has 8 aromatic carbocycles. The molecule has 0 spiro atoms. The average Bonchev–Trinajstić information content (AvgIpc) is 3.52. The van der Waals surface area contributed by atoms with E-state index in [0.717, 1.165) is 39.0 Å². The second kappa shape index (κ2) is 10.8. The van der Waals surface area contributed by atoms with Gasteiger partial charge in [0.05, 0.1) is 5.69 Å². The fourth-order valence-corrected chi connectivity index (χ4v) is 7.04. The van der Waals surface area contributed by atoms with Gasteiger partial charge < -0.3 is 9.32 Å². The van der Waals surface area contributed by atoms with Crippen molar-refractivity contribution in [2.75, 3.05) is 4.90 Å². The molecule has 0 saturated carbocycles. The van der Waals surface area contributed by atoms with Crippen molar-refractivity contribution in [1.82, 2.24) is 0 Å². The molecule has 216 valence electrons. The Kier molecular flexibility index (Phi) is 6.17. The van der Waals surface area contributed by atoms with Gasteiger partial charge in [0.15, 0.2) is 5.58 Å². The SMILES string of the molecule is c1ccc(-c2c(-c3ccc(N(c4ccccc4)c4cccc5c4oc4ccccc45)cc3)c3ccccc3c3ccccc23)cc1. The van der Waals surface area contributed by atoms with Gasteiger partial charge in [0, 0.05) is 22.1 Å². The van der Waals surface area contributed by atoms with Crippen molar-refractivity contribution in [1.29, 1.82) is 0 Å². The van der Waals surface area contributed by atoms with E-state index in [2.05, 4.69) is 169 Å². The van der Waals surface area contributed by atoms with Crippen LogP contribution in [0.4, 0.5) is 17.1 Å². The van der Waals surface area contributed by atoms with Crippen LogP contribution >= 0.6 is 0 Å². The van der Waals surface area contributed by atoms with E-state index in [1.807, 2.05) is 12.1 Å². The summed E-state index contributed by atoms with van der Waals surface area (Å²) in [5.74, 6) is 0. The highest BCUT2D eigenvalue weighted by Gasteiger charge is 2.21. The van der Waals surface area contributed by atoms with Gasteiger partial charge in [-0.3, -0.25) is 0 Å². The van der Waals surface area contributed by atoms with Gasteiger partial charge in [-0.2, -0.15) is 0 Å². The summed E-state index contributed by atoms with van der Waals surface area (Å²) in [5.41, 5.74) is 9.82. The van der Waals surface area contributed by atoms with Crippen LogP contribution in [0.2, 0.25) is 0 Å². The third-order valence-electron chi connectivity index (χ3n) is 9.05. The fourth-order valence-electron chi connectivity index (χ4n) is 7.04. The molecule has 0 amide bonds. The highest BCUT2D eigenvalue weighted by atomic mass is 16.3. The van der Waals surface area contributed by atoms with Gasteiger partial charge in [-0.25, -0.2) is 0 Å². The van der Waals surface area contributed by atoms with E-state index in [1.54, 1.807) is 0 Å². The third kappa shape index (κ3) is 4.19. The summed E-state index contributed by atoms with van der Waals surface area (Å²) in [4.78, 5) is 2.30. The van der Waals surface area contributed by atoms with E-state index >= 15 is 0 Å². The van der Waals surface area contributed by atoms with Crippen LogP contribution in [0.1, 0.15) is 0 Å². The zero-order valence-corrected chi connectivity index (χ0v) is 25.1. The van der Waals surface area contributed by atoms with Crippen LogP contribution in [0.25, 0.3) is 65.7 Å². The first-order valence-corrected chi connectivity index (χ1v) is 15.7. The van der Waals surface area contributed by atoms with Crippen LogP contribution in [-0.4, -0.2) is 0 Å². The first kappa shape index (κ1) is 26.3. The molecule has 0 aliphatic carbocycles. The molecule has 1 aromatic heterocycles. The number of rotatable bonds is 5. The van der Waals surface area contributed by atoms with E-state index in [-0.39, 0.29) is 0 Å². The molecule has 0 aliphatic heterocycles. The number of benzene rings is 8. The smallest absolute Gasteiger partial charge is 0.159 e. The van der Waals surface area contributed by atoms with Gasteiger partial charge in [0.1, 0.15) is 5.58 Å². The van der Waals surface area contributed by atoms with Crippen LogP contribution < -0.4 is 4.90 Å². The molecule has 0 fully saturated rings. The third-order valence-corrected chi connectivity index (χ3v) is 9.05. The van der Waals surface area contributed by atoms with Gasteiger partial charge in [-0.15, -0.1) is 0 Å². The normalized spacial score (nSPS) is 11.5. The Bertz CT molecular complexity index is 2510. The molecular weight excluding hydrogens is 558 g/mol. The van der Waals surface area contributed by atoms with E-state index in [1.165, 1.54) is 43.8 Å². The number of hydrogen-bond acceptors (Lipinski definition) is 2. The lowest BCUT2D eigenvalue weighted by Gasteiger charge is -2.26. The zero-order valence-electron chi connectivity index (χ0n) is 25.1. The predicted molar refractivity (Wildman–Crippen MR) is 194 cm³/mol. The number of furan rings is 1. The molecule has 0 atom stereocenters. The first-order chi connectivity index (χ1) is 22.8. The Labute approximate surface area is 267 Å². The largest absolute Gasteiger partial charge is 0.454 e. The lowest BCUT2D eigenvalue weighted by Crippen LogP contribution is -2.10. The van der Waals surface area contributed by atoms with Gasteiger partial charge in [0.2, 0.25) is 0 Å². The maximum atomic E-state index is 6.51. The monoisotopic (exact) mass is 587 g/mol. The van der Waals surface area contributed by atoms with E-state index in [9.17, 15) is 0 Å². The fraction of sp³-hybridized carbons (Fsp3) is 0. The quantitative estimate of drug-likeness (QED) is 0.186. The van der Waals surface area contributed by atoms with Crippen molar-refractivity contribution >= 4 is 60.5 Å². The molecule has 9 aromatic rings. The predicted octanol–water partition coefficient (Wildman–Crippen LogP) is 12.7. The molecule has 46 heavy (non-hydrogen) atoms. The maximum absolute atomic E-state index is 6.51. The van der Waals surface area contributed by atoms with Crippen molar-refractivity contribution in [3.05, 3.63) is 176 Å². The van der Waals surface area contributed by atoms with Crippen LogP contribution in [0, 0.1) is 0 Å². The van der Waals surface area contributed by atoms with Crippen molar-refractivity contribution < 1.29 is 4.42 Å². The summed E-state index contributed by atoms with van der Waals surface area (Å²) in [6, 6.07) is 62.6.